The maximum Gasteiger partial charge on any atom is 0.205 e. The Bertz CT molecular complexity index is 577. The summed E-state index contributed by atoms with van der Waals surface area (Å²) in [5.41, 5.74) is 1.36. The number of nitrogens with zero attached hydrogens (tertiary/aromatic N) is 3. The minimum atomic E-state index is 0.703. The first-order chi connectivity index (χ1) is 9.88. The summed E-state index contributed by atoms with van der Waals surface area (Å²) in [6, 6.07) is 0. The molecule has 2 aliphatic carbocycles. The molecule has 0 aliphatic heterocycles. The molecule has 0 spiro atoms. The van der Waals surface area contributed by atoms with Crippen molar-refractivity contribution in [3.63, 3.8) is 0 Å². The molecule has 1 N–H and O–H groups in total. The third-order valence-corrected chi connectivity index (χ3v) is 6.13. The van der Waals surface area contributed by atoms with Crippen molar-refractivity contribution in [3.8, 4) is 0 Å². The molecule has 0 bridgehead atoms. The van der Waals surface area contributed by atoms with Crippen LogP contribution < -0.4 is 5.32 Å². The molecule has 4 nitrogen and oxygen atoms in total. The second-order valence-corrected chi connectivity index (χ2v) is 7.76. The van der Waals surface area contributed by atoms with Crippen molar-refractivity contribution in [1.82, 2.24) is 15.2 Å². The topological polar surface area (TPSA) is 50.7 Å². The number of nitrogens with one attached hydrogen (secondary N) is 1. The van der Waals surface area contributed by atoms with Crippen LogP contribution in [-0.2, 0) is 19.3 Å². The van der Waals surface area contributed by atoms with Crippen LogP contribution in [0.4, 0.5) is 5.13 Å². The van der Waals surface area contributed by atoms with E-state index in [-0.39, 0.29) is 0 Å². The molecule has 106 valence electrons. The van der Waals surface area contributed by atoms with Gasteiger partial charge in [0.05, 0.1) is 10.7 Å². The van der Waals surface area contributed by atoms with Crippen LogP contribution in [0, 0.1) is 0 Å². The van der Waals surface area contributed by atoms with Crippen molar-refractivity contribution >= 4 is 27.8 Å². The average Bonchev–Trinajstić information content (AvgIpc) is 3.06. The Morgan fingerprint density at radius 2 is 2.00 bits per heavy atom. The van der Waals surface area contributed by atoms with Gasteiger partial charge >= 0.3 is 0 Å². The van der Waals surface area contributed by atoms with Crippen molar-refractivity contribution in [2.75, 3.05) is 11.9 Å². The lowest BCUT2D eigenvalue weighted by Gasteiger charge is -2.06. The van der Waals surface area contributed by atoms with Crippen molar-refractivity contribution in [3.05, 3.63) is 20.6 Å². The van der Waals surface area contributed by atoms with Crippen molar-refractivity contribution in [1.29, 1.82) is 0 Å². The third kappa shape index (κ3) is 2.72. The Morgan fingerprint density at radius 1 is 1.10 bits per heavy atom. The smallest absolute Gasteiger partial charge is 0.205 e. The van der Waals surface area contributed by atoms with Gasteiger partial charge in [-0.15, -0.1) is 21.5 Å². The van der Waals surface area contributed by atoms with Crippen LogP contribution >= 0.6 is 22.7 Å². The summed E-state index contributed by atoms with van der Waals surface area (Å²) in [5, 5.41) is 15.3. The van der Waals surface area contributed by atoms with Gasteiger partial charge in [0.1, 0.15) is 5.01 Å². The Hall–Kier alpha value is -1.01. The molecule has 0 aromatic carbocycles. The van der Waals surface area contributed by atoms with E-state index in [0.29, 0.717) is 5.92 Å². The highest BCUT2D eigenvalue weighted by Crippen LogP contribution is 2.42. The number of aryl methyl sites for hydroxylation is 2. The zero-order valence-electron chi connectivity index (χ0n) is 11.4. The highest BCUT2D eigenvalue weighted by Gasteiger charge is 2.27. The Kier molecular flexibility index (Phi) is 3.44. The second-order valence-electron chi connectivity index (χ2n) is 5.58. The van der Waals surface area contributed by atoms with Crippen molar-refractivity contribution < 1.29 is 0 Å². The van der Waals surface area contributed by atoms with Crippen molar-refractivity contribution in [2.24, 2.45) is 0 Å². The van der Waals surface area contributed by atoms with Gasteiger partial charge in [-0.05, 0) is 38.5 Å². The first-order valence-electron chi connectivity index (χ1n) is 7.43. The third-order valence-electron chi connectivity index (χ3n) is 3.87. The summed E-state index contributed by atoms with van der Waals surface area (Å²) in [7, 11) is 0. The average molecular weight is 306 g/mol. The van der Waals surface area contributed by atoms with Gasteiger partial charge in [-0.25, -0.2) is 4.98 Å². The Morgan fingerprint density at radius 3 is 2.85 bits per heavy atom. The molecular formula is C14H18N4S2. The fraction of sp³-hybridized carbons (Fsp3) is 0.643. The van der Waals surface area contributed by atoms with Crippen LogP contribution in [0.25, 0.3) is 0 Å². The molecule has 6 heteroatoms. The molecule has 0 unspecified atom stereocenters. The summed E-state index contributed by atoms with van der Waals surface area (Å²) < 4.78 is 0. The van der Waals surface area contributed by atoms with Crippen LogP contribution in [0.2, 0.25) is 0 Å². The molecule has 0 atom stereocenters. The SMILES string of the molecule is C1CCc2sc(CCNc3nnc(C4CC4)s3)nc2C1. The van der Waals surface area contributed by atoms with Gasteiger partial charge in [-0.2, -0.15) is 0 Å². The number of rotatable bonds is 5. The predicted octanol–water partition coefficient (Wildman–Crippen LogP) is 3.41. The molecule has 2 aromatic heterocycles. The van der Waals surface area contributed by atoms with E-state index in [0.717, 1.165) is 18.1 Å². The normalized spacial score (nSPS) is 18.0. The molecule has 2 aliphatic rings. The number of fused-ring (bicyclic) bond motifs is 1. The summed E-state index contributed by atoms with van der Waals surface area (Å²) in [6.07, 6.45) is 8.64. The van der Waals surface area contributed by atoms with E-state index >= 15 is 0 Å². The molecule has 0 amide bonds. The quantitative estimate of drug-likeness (QED) is 0.920. The standard InChI is InChI=1S/C14H18N4S2/c1-2-4-11-10(3-1)16-12(19-11)7-8-15-14-18-17-13(20-14)9-5-6-9/h9H,1-8H2,(H,15,18). The fourth-order valence-electron chi connectivity index (χ4n) is 2.59. The molecule has 0 saturated heterocycles. The van der Waals surface area contributed by atoms with Gasteiger partial charge in [0, 0.05) is 23.8 Å². The molecule has 4 rings (SSSR count). The minimum absolute atomic E-state index is 0.703. The van der Waals surface area contributed by atoms with E-state index in [1.807, 2.05) is 11.3 Å². The molecule has 0 radical (unpaired) electrons. The lowest BCUT2D eigenvalue weighted by molar-refractivity contribution is 0.680. The van der Waals surface area contributed by atoms with E-state index < -0.39 is 0 Å². The van der Waals surface area contributed by atoms with Crippen LogP contribution in [-0.4, -0.2) is 21.7 Å². The Labute approximate surface area is 126 Å². The second kappa shape index (κ2) is 5.41. The molecule has 20 heavy (non-hydrogen) atoms. The molecule has 1 saturated carbocycles. The van der Waals surface area contributed by atoms with Crippen LogP contribution in [0.5, 0.6) is 0 Å². The predicted molar refractivity (Wildman–Crippen MR) is 82.8 cm³/mol. The summed E-state index contributed by atoms with van der Waals surface area (Å²) in [4.78, 5) is 6.30. The van der Waals surface area contributed by atoms with E-state index in [9.17, 15) is 0 Å². The van der Waals surface area contributed by atoms with E-state index in [2.05, 4.69) is 15.5 Å². The zero-order valence-corrected chi connectivity index (χ0v) is 13.0. The minimum Gasteiger partial charge on any atom is -0.360 e. The molecule has 1 fully saturated rings. The van der Waals surface area contributed by atoms with E-state index in [4.69, 9.17) is 4.98 Å². The highest BCUT2D eigenvalue weighted by molar-refractivity contribution is 7.15. The van der Waals surface area contributed by atoms with E-state index in [1.165, 1.54) is 59.1 Å². The maximum atomic E-state index is 4.77. The summed E-state index contributed by atoms with van der Waals surface area (Å²) in [5.74, 6) is 0.703. The first-order valence-corrected chi connectivity index (χ1v) is 9.06. The molecular weight excluding hydrogens is 288 g/mol. The number of hydrogen-bond acceptors (Lipinski definition) is 6. The number of hydrogen-bond donors (Lipinski definition) is 1. The highest BCUT2D eigenvalue weighted by atomic mass is 32.1. The van der Waals surface area contributed by atoms with Gasteiger partial charge in [-0.1, -0.05) is 11.3 Å². The number of aromatic nitrogens is 3. The summed E-state index contributed by atoms with van der Waals surface area (Å²) in [6.45, 7) is 0.908. The number of thiazole rings is 1. The Balaban J connectivity index is 1.32. The molecule has 2 aromatic rings. The zero-order chi connectivity index (χ0) is 13.4. The van der Waals surface area contributed by atoms with Gasteiger partial charge in [0.2, 0.25) is 5.13 Å². The first kappa shape index (κ1) is 12.7. The fourth-order valence-corrected chi connectivity index (χ4v) is 4.68. The van der Waals surface area contributed by atoms with E-state index in [1.54, 1.807) is 11.3 Å². The lowest BCUT2D eigenvalue weighted by Crippen LogP contribution is -2.04. The monoisotopic (exact) mass is 306 g/mol. The largest absolute Gasteiger partial charge is 0.360 e. The van der Waals surface area contributed by atoms with Gasteiger partial charge < -0.3 is 5.32 Å². The summed E-state index contributed by atoms with van der Waals surface area (Å²) >= 11 is 3.62. The van der Waals surface area contributed by atoms with Crippen LogP contribution in [0.15, 0.2) is 0 Å². The van der Waals surface area contributed by atoms with Crippen LogP contribution in [0.3, 0.4) is 0 Å². The van der Waals surface area contributed by atoms with Crippen molar-refractivity contribution in [2.45, 2.75) is 50.9 Å². The lowest BCUT2D eigenvalue weighted by atomic mass is 10.0. The maximum absolute atomic E-state index is 4.77. The number of anilines is 1. The van der Waals surface area contributed by atoms with Gasteiger partial charge in [-0.3, -0.25) is 0 Å². The van der Waals surface area contributed by atoms with Crippen LogP contribution in [0.1, 0.15) is 52.2 Å². The molecule has 2 heterocycles. The van der Waals surface area contributed by atoms with Gasteiger partial charge in [0.25, 0.3) is 0 Å². The van der Waals surface area contributed by atoms with Gasteiger partial charge in [0.15, 0.2) is 0 Å².